The van der Waals surface area contributed by atoms with Gasteiger partial charge in [-0.1, -0.05) is 25.0 Å². The van der Waals surface area contributed by atoms with Gasteiger partial charge < -0.3 is 87.0 Å². The van der Waals surface area contributed by atoms with Crippen LogP contribution in [0, 0.1) is 57.7 Å². The zero-order valence-corrected chi connectivity index (χ0v) is 33.8. The van der Waals surface area contributed by atoms with E-state index in [2.05, 4.69) is 47.0 Å². The number of nitrogens with two attached hydrogens (primary N) is 3. The van der Waals surface area contributed by atoms with E-state index in [9.17, 15) is 0 Å². The summed E-state index contributed by atoms with van der Waals surface area (Å²) in [6.07, 6.45) is 20.2. The summed E-state index contributed by atoms with van der Waals surface area (Å²) in [5.74, 6) is 2.02. The summed E-state index contributed by atoms with van der Waals surface area (Å²) in [6.45, 7) is 5.55. The van der Waals surface area contributed by atoms with Gasteiger partial charge in [-0.25, -0.2) is 0 Å². The first kappa shape index (κ1) is 83.3. The van der Waals surface area contributed by atoms with E-state index in [0.717, 1.165) is 31.5 Å². The molecule has 11 N–H and O–H groups in total. The average molecular weight is 952 g/mol. The Morgan fingerprint density at radius 1 is 0.667 bits per heavy atom. The second-order valence-corrected chi connectivity index (χ2v) is 7.92. The van der Waals surface area contributed by atoms with Crippen LogP contribution in [0.1, 0.15) is 31.2 Å². The third-order valence-electron chi connectivity index (χ3n) is 5.56. The number of hydrogen-bond acceptors (Lipinski definition) is 10. The Bertz CT molecular complexity index is 1250. The first-order chi connectivity index (χ1) is 21.6. The van der Waals surface area contributed by atoms with Gasteiger partial charge in [0.25, 0.3) is 0 Å². The number of allylic oxidation sites excluding steroid dienone is 2. The van der Waals surface area contributed by atoms with Crippen LogP contribution in [-0.4, -0.2) is 72.7 Å². The van der Waals surface area contributed by atoms with Crippen LogP contribution in [0.15, 0.2) is 62.8 Å². The molecular weight excluding hydrogens is 914 g/mol. The molecule has 4 rings (SSSR count). The first-order valence-corrected chi connectivity index (χ1v) is 12.8. The third kappa shape index (κ3) is 55.0. The van der Waals surface area contributed by atoms with Crippen molar-refractivity contribution in [1.29, 1.82) is 21.0 Å². The van der Waals surface area contributed by atoms with Gasteiger partial charge in [0.15, 0.2) is 0 Å². The minimum atomic E-state index is 0. The second-order valence-electron chi connectivity index (χ2n) is 7.92. The fraction of sp³-hybridized carbons (Fsp3) is 0.393. The maximum Gasteiger partial charge on any atom is 4.00 e. The topological polar surface area (TPSA) is 450 Å². The zero-order chi connectivity index (χ0) is 32.9. The van der Waals surface area contributed by atoms with E-state index < -0.39 is 0 Å². The molecular formula is C28H38Fe5N19O2-. The summed E-state index contributed by atoms with van der Waals surface area (Å²) in [5.41, 5.74) is 2.43. The predicted molar refractivity (Wildman–Crippen MR) is 190 cm³/mol. The molecule has 1 aromatic heterocycles. The molecule has 298 valence electrons. The van der Waals surface area contributed by atoms with E-state index in [1.807, 2.05) is 24.4 Å². The number of aliphatic imine (C=N–C) groups is 4. The van der Waals surface area contributed by atoms with E-state index in [1.54, 1.807) is 12.4 Å². The van der Waals surface area contributed by atoms with Crippen molar-refractivity contribution in [3.05, 3.63) is 99.2 Å². The molecule has 4 heterocycles. The van der Waals surface area contributed by atoms with Gasteiger partial charge >= 0.3 is 34.1 Å². The van der Waals surface area contributed by atoms with Gasteiger partial charge in [-0.05, 0) is 61.0 Å². The van der Waals surface area contributed by atoms with Crippen molar-refractivity contribution in [2.45, 2.75) is 25.7 Å². The Morgan fingerprint density at radius 3 is 1.33 bits per heavy atom. The molecule has 0 aliphatic carbocycles. The molecule has 3 aliphatic heterocycles. The van der Waals surface area contributed by atoms with E-state index >= 15 is 0 Å². The van der Waals surface area contributed by atoms with Gasteiger partial charge in [-0.2, -0.15) is 27.2 Å². The predicted octanol–water partition coefficient (Wildman–Crippen LogP) is 5.47. The molecule has 0 bridgehead atoms. The van der Waals surface area contributed by atoms with E-state index in [0.29, 0.717) is 0 Å². The van der Waals surface area contributed by atoms with Gasteiger partial charge in [0.2, 0.25) is 0 Å². The van der Waals surface area contributed by atoms with Gasteiger partial charge in [0.1, 0.15) is 0 Å². The van der Waals surface area contributed by atoms with Crippen molar-refractivity contribution in [2.75, 3.05) is 32.7 Å². The van der Waals surface area contributed by atoms with Crippen molar-refractivity contribution in [2.24, 2.45) is 31.8 Å². The maximum absolute atomic E-state index is 7.43. The van der Waals surface area contributed by atoms with Gasteiger partial charge in [-0.3, -0.25) is 4.98 Å². The van der Waals surface area contributed by atoms with Crippen LogP contribution in [0.3, 0.4) is 0 Å². The summed E-state index contributed by atoms with van der Waals surface area (Å²) in [7, 11) is 0. The van der Waals surface area contributed by atoms with Crippen molar-refractivity contribution >= 4 is 29.6 Å². The average Bonchev–Trinajstić information content (AvgIpc) is 3.09. The first-order valence-electron chi connectivity index (χ1n) is 12.8. The minimum Gasteiger partial charge on any atom is -0.693 e. The van der Waals surface area contributed by atoms with Crippen LogP contribution in [0.25, 0.3) is 56.3 Å². The molecule has 54 heavy (non-hydrogen) atoms. The van der Waals surface area contributed by atoms with Crippen LogP contribution in [-0.2, 0) is 85.3 Å². The Labute approximate surface area is 369 Å². The number of nitrogens with zero attached hydrogens (tertiary/aromatic N) is 15. The fourth-order valence-corrected chi connectivity index (χ4v) is 3.82. The van der Waals surface area contributed by atoms with E-state index in [-0.39, 0.29) is 115 Å². The number of nitrogens with one attached hydrogen (secondary N) is 1. The molecule has 3 aliphatic rings. The van der Waals surface area contributed by atoms with Crippen molar-refractivity contribution < 1.29 is 96.3 Å². The Kier molecular flexibility index (Phi) is 109. The molecule has 2 fully saturated rings. The summed E-state index contributed by atoms with van der Waals surface area (Å²) in [4.78, 5) is 14.3. The molecule has 1 aromatic rings. The van der Waals surface area contributed by atoms with Crippen molar-refractivity contribution in [3.8, 4) is 24.8 Å². The molecule has 0 aromatic carbocycles. The minimum absolute atomic E-state index is 0. The monoisotopic (exact) mass is 952 g/mol. The molecule has 0 unspecified atom stereocenters. The van der Waals surface area contributed by atoms with E-state index in [4.69, 9.17) is 42.7 Å². The molecule has 0 atom stereocenters. The largest absolute Gasteiger partial charge is 4.00 e. The SMILES string of the molecule is C1=CC(c2ccncc2)=CC[N-]1.C1CC(C2CCNCC2)CC[N-]1.N#CN=C=[N-].N#CN=C=[N-].N#CN=C=[N-].N#CN=C=[N-].O.O.[Fe+4].[Fe+4].[Fe].[Fe].[Fe].[NH2-].[NH2-].[NH2-]. The zero-order valence-electron chi connectivity index (χ0n) is 28.3. The second kappa shape index (κ2) is 70.8. The quantitative estimate of drug-likeness (QED) is 0.227. The Balaban J connectivity index is -0.0000000397. The Morgan fingerprint density at radius 2 is 1.04 bits per heavy atom. The van der Waals surface area contributed by atoms with Crippen LogP contribution in [0.5, 0.6) is 0 Å². The molecule has 0 spiro atoms. The van der Waals surface area contributed by atoms with Gasteiger partial charge in [0, 0.05) is 63.6 Å². The standard InChI is InChI=1S/C10H19N2.C10H9N2.4C2N3.5Fe.3H2N.2H2O/c2*1-5-11-6-2-9(1)10-3-7-12-8-4-10;4*3-1-5-2-4;;;;;;;;;;/h9-11H,1-8H2;1-7H,8H2;;;;;;;;;;5*1H2/q6*-1;;;;2*+4;3*-1;;. The summed E-state index contributed by atoms with van der Waals surface area (Å²) >= 11 is 0. The number of piperidine rings is 2. The number of nitriles is 4. The van der Waals surface area contributed by atoms with Crippen molar-refractivity contribution in [3.63, 3.8) is 0 Å². The van der Waals surface area contributed by atoms with Gasteiger partial charge in [0.05, 0.1) is 24.8 Å². The third-order valence-corrected chi connectivity index (χ3v) is 5.56. The molecule has 0 saturated carbocycles. The van der Waals surface area contributed by atoms with Crippen molar-refractivity contribution in [1.82, 2.24) is 10.3 Å². The Hall–Kier alpha value is -3.77. The summed E-state index contributed by atoms with van der Waals surface area (Å²) in [5, 5.41) is 71.3. The molecule has 0 amide bonds. The van der Waals surface area contributed by atoms with Crippen LogP contribution in [0.4, 0.5) is 0 Å². The van der Waals surface area contributed by atoms with Crippen LogP contribution >= 0.6 is 0 Å². The van der Waals surface area contributed by atoms with E-state index in [1.165, 1.54) is 98.7 Å². The van der Waals surface area contributed by atoms with Crippen LogP contribution in [0.2, 0.25) is 0 Å². The number of rotatable bonds is 2. The number of aromatic nitrogens is 1. The summed E-state index contributed by atoms with van der Waals surface area (Å²) in [6, 6.07) is 9.13. The number of hydrogen-bond donors (Lipinski definition) is 1. The maximum atomic E-state index is 7.43. The number of pyridine rings is 1. The summed E-state index contributed by atoms with van der Waals surface area (Å²) < 4.78 is 0. The normalized spacial score (nSPS) is 11.2. The molecule has 0 radical (unpaired) electrons. The van der Waals surface area contributed by atoms with Gasteiger partial charge in [-0.15, -0.1) is 43.7 Å². The smallest absolute Gasteiger partial charge is 0.693 e. The molecule has 2 saturated heterocycles. The molecule has 26 heteroatoms. The molecule has 21 nitrogen and oxygen atoms in total. The fourth-order valence-electron chi connectivity index (χ4n) is 3.82. The van der Waals surface area contributed by atoms with Crippen LogP contribution < -0.4 is 5.32 Å².